The maximum Gasteiger partial charge on any atom is 0.226 e. The van der Waals surface area contributed by atoms with Crippen LogP contribution in [0.4, 0.5) is 5.69 Å². The molecule has 0 bridgehead atoms. The van der Waals surface area contributed by atoms with Crippen LogP contribution in [0.3, 0.4) is 0 Å². The standard InChI is InChI=1S/C34H51NO3/c1-21-7-11-29-23(18-21)6-5-17-35(29)31(38)12-8-22(2)26-9-10-27-32-28(14-16-34(26,27)4)33(3)15-13-25(36)19-24(33)20-30(32)37/h7,11,18,22,24-28,30,32,36-37H,5-6,8-10,12-17,19-20H2,1-4H3/t22-,24+,25-,26-,27+,28+,30+,32+,33+,34-/m1/s1. The number of aryl methyl sites for hydroxylation is 2. The Hall–Kier alpha value is -1.39. The van der Waals surface area contributed by atoms with Gasteiger partial charge in [0.15, 0.2) is 0 Å². The van der Waals surface area contributed by atoms with E-state index in [0.717, 1.165) is 57.2 Å². The Morgan fingerprint density at radius 3 is 2.63 bits per heavy atom. The van der Waals surface area contributed by atoms with Gasteiger partial charge < -0.3 is 15.1 Å². The Morgan fingerprint density at radius 1 is 1.05 bits per heavy atom. The molecule has 2 N–H and O–H groups in total. The summed E-state index contributed by atoms with van der Waals surface area (Å²) in [6.07, 6.45) is 12.1. The van der Waals surface area contributed by atoms with Gasteiger partial charge in [0.05, 0.1) is 12.2 Å². The van der Waals surface area contributed by atoms with Crippen molar-refractivity contribution < 1.29 is 15.0 Å². The minimum Gasteiger partial charge on any atom is -0.393 e. The molecule has 4 nitrogen and oxygen atoms in total. The van der Waals surface area contributed by atoms with Crippen molar-refractivity contribution in [2.45, 2.75) is 117 Å². The van der Waals surface area contributed by atoms with E-state index in [9.17, 15) is 15.0 Å². The number of carbonyl (C=O) groups excluding carboxylic acids is 1. The molecule has 0 spiro atoms. The summed E-state index contributed by atoms with van der Waals surface area (Å²) in [5.74, 6) is 3.55. The molecule has 4 saturated carbocycles. The van der Waals surface area contributed by atoms with Gasteiger partial charge in [-0.25, -0.2) is 0 Å². The predicted octanol–water partition coefficient (Wildman–Crippen LogP) is 6.68. The first-order valence-corrected chi connectivity index (χ1v) is 15.9. The van der Waals surface area contributed by atoms with Crippen molar-refractivity contribution in [3.63, 3.8) is 0 Å². The van der Waals surface area contributed by atoms with Gasteiger partial charge in [-0.2, -0.15) is 0 Å². The van der Waals surface area contributed by atoms with Crippen LogP contribution in [0.2, 0.25) is 0 Å². The highest BCUT2D eigenvalue weighted by Crippen LogP contribution is 2.68. The first kappa shape index (κ1) is 26.8. The smallest absolute Gasteiger partial charge is 0.226 e. The molecule has 0 radical (unpaired) electrons. The second-order valence-corrected chi connectivity index (χ2v) is 14.7. The zero-order valence-corrected chi connectivity index (χ0v) is 24.3. The van der Waals surface area contributed by atoms with Gasteiger partial charge in [0.1, 0.15) is 0 Å². The van der Waals surface area contributed by atoms with Crippen LogP contribution in [0.25, 0.3) is 0 Å². The van der Waals surface area contributed by atoms with Gasteiger partial charge in [0.25, 0.3) is 0 Å². The lowest BCUT2D eigenvalue weighted by Crippen LogP contribution is -2.58. The Balaban J connectivity index is 1.13. The highest BCUT2D eigenvalue weighted by molar-refractivity contribution is 5.94. The first-order chi connectivity index (χ1) is 18.1. The molecule has 210 valence electrons. The quantitative estimate of drug-likeness (QED) is 0.465. The van der Waals surface area contributed by atoms with Gasteiger partial charge >= 0.3 is 0 Å². The van der Waals surface area contributed by atoms with E-state index in [2.05, 4.69) is 50.8 Å². The third-order valence-electron chi connectivity index (χ3n) is 12.9. The summed E-state index contributed by atoms with van der Waals surface area (Å²) >= 11 is 0. The van der Waals surface area contributed by atoms with Crippen molar-refractivity contribution in [1.82, 2.24) is 0 Å². The van der Waals surface area contributed by atoms with Gasteiger partial charge in [-0.3, -0.25) is 4.79 Å². The van der Waals surface area contributed by atoms with Gasteiger partial charge in [-0.1, -0.05) is 38.5 Å². The highest BCUT2D eigenvalue weighted by atomic mass is 16.3. The number of carbonyl (C=O) groups is 1. The molecule has 1 aromatic carbocycles. The third kappa shape index (κ3) is 4.28. The topological polar surface area (TPSA) is 60.8 Å². The van der Waals surface area contributed by atoms with Crippen LogP contribution in [0.15, 0.2) is 18.2 Å². The fourth-order valence-electron chi connectivity index (χ4n) is 10.8. The molecule has 6 rings (SSSR count). The molecule has 5 aliphatic rings. The Kier molecular flexibility index (Phi) is 6.99. The molecule has 1 amide bonds. The lowest BCUT2D eigenvalue weighted by atomic mass is 9.43. The van der Waals surface area contributed by atoms with E-state index in [1.807, 2.05) is 0 Å². The minimum atomic E-state index is -0.216. The summed E-state index contributed by atoms with van der Waals surface area (Å²) in [7, 11) is 0. The van der Waals surface area contributed by atoms with E-state index in [4.69, 9.17) is 0 Å². The molecule has 0 saturated heterocycles. The van der Waals surface area contributed by atoms with Crippen molar-refractivity contribution >= 4 is 11.6 Å². The van der Waals surface area contributed by atoms with Gasteiger partial charge in [0.2, 0.25) is 5.91 Å². The van der Waals surface area contributed by atoms with E-state index in [1.165, 1.54) is 36.8 Å². The van der Waals surface area contributed by atoms with Crippen molar-refractivity contribution in [1.29, 1.82) is 0 Å². The van der Waals surface area contributed by atoms with Gasteiger partial charge in [-0.15, -0.1) is 0 Å². The Bertz CT molecular complexity index is 1050. The summed E-state index contributed by atoms with van der Waals surface area (Å²) in [5.41, 5.74) is 4.30. The molecule has 38 heavy (non-hydrogen) atoms. The van der Waals surface area contributed by atoms with Crippen LogP contribution in [-0.4, -0.2) is 34.9 Å². The number of fused-ring (bicyclic) bond motifs is 6. The second-order valence-electron chi connectivity index (χ2n) is 14.7. The molecular formula is C34H51NO3. The third-order valence-corrected chi connectivity index (χ3v) is 12.9. The molecule has 10 atom stereocenters. The number of nitrogens with zero attached hydrogens (tertiary/aromatic N) is 1. The monoisotopic (exact) mass is 521 g/mol. The predicted molar refractivity (Wildman–Crippen MR) is 153 cm³/mol. The molecule has 4 fully saturated rings. The fourth-order valence-corrected chi connectivity index (χ4v) is 10.8. The summed E-state index contributed by atoms with van der Waals surface area (Å²) in [4.78, 5) is 15.5. The average molecular weight is 522 g/mol. The van der Waals surface area contributed by atoms with Crippen molar-refractivity contribution in [3.8, 4) is 0 Å². The second kappa shape index (κ2) is 9.91. The van der Waals surface area contributed by atoms with E-state index in [0.29, 0.717) is 47.8 Å². The van der Waals surface area contributed by atoms with Crippen LogP contribution in [0, 0.1) is 53.3 Å². The number of aliphatic hydroxyl groups excluding tert-OH is 2. The number of rotatable bonds is 4. The zero-order valence-electron chi connectivity index (χ0n) is 24.3. The molecule has 0 unspecified atom stereocenters. The van der Waals surface area contributed by atoms with Crippen molar-refractivity contribution in [2.24, 2.45) is 46.3 Å². The molecule has 4 aliphatic carbocycles. The van der Waals surface area contributed by atoms with Crippen molar-refractivity contribution in [2.75, 3.05) is 11.4 Å². The lowest BCUT2D eigenvalue weighted by molar-refractivity contribution is -0.174. The maximum atomic E-state index is 13.4. The average Bonchev–Trinajstić information content (AvgIpc) is 3.24. The van der Waals surface area contributed by atoms with Crippen LogP contribution in [0.1, 0.15) is 103 Å². The van der Waals surface area contributed by atoms with Crippen LogP contribution >= 0.6 is 0 Å². The Morgan fingerprint density at radius 2 is 1.82 bits per heavy atom. The van der Waals surface area contributed by atoms with Crippen molar-refractivity contribution in [3.05, 3.63) is 29.3 Å². The Labute approximate surface area is 230 Å². The van der Waals surface area contributed by atoms with Gasteiger partial charge in [0, 0.05) is 18.7 Å². The van der Waals surface area contributed by atoms with E-state index >= 15 is 0 Å². The maximum absolute atomic E-state index is 13.4. The summed E-state index contributed by atoms with van der Waals surface area (Å²) in [6, 6.07) is 6.55. The molecule has 0 aromatic heterocycles. The number of hydrogen-bond donors (Lipinski definition) is 2. The van der Waals surface area contributed by atoms with Crippen LogP contribution < -0.4 is 4.90 Å². The number of benzene rings is 1. The number of hydrogen-bond acceptors (Lipinski definition) is 3. The summed E-state index contributed by atoms with van der Waals surface area (Å²) < 4.78 is 0. The molecule has 4 heteroatoms. The molecule has 1 aromatic rings. The molecule has 1 aliphatic heterocycles. The van der Waals surface area contributed by atoms with Gasteiger partial charge in [-0.05, 0) is 136 Å². The lowest BCUT2D eigenvalue weighted by Gasteiger charge is -2.62. The minimum absolute atomic E-state index is 0.173. The first-order valence-electron chi connectivity index (χ1n) is 15.9. The fraction of sp³-hybridized carbons (Fsp3) is 0.794. The zero-order chi connectivity index (χ0) is 26.8. The summed E-state index contributed by atoms with van der Waals surface area (Å²) in [5, 5.41) is 21.9. The van der Waals surface area contributed by atoms with E-state index < -0.39 is 0 Å². The number of amides is 1. The van der Waals surface area contributed by atoms with Crippen LogP contribution in [0.5, 0.6) is 0 Å². The summed E-state index contributed by atoms with van der Waals surface area (Å²) in [6.45, 7) is 10.4. The van der Waals surface area contributed by atoms with E-state index in [1.54, 1.807) is 0 Å². The normalized spacial score (nSPS) is 43.0. The number of anilines is 1. The SMILES string of the molecule is Cc1ccc2c(c1)CCCN2C(=O)CC[C@@H](C)[C@H]1CC[C@H]2[C@@H]3[C@@H](O)C[C@@H]4C[C@H](O)CC[C@]4(C)[C@H]3CC[C@]12C. The molecule has 1 heterocycles. The number of aliphatic hydroxyl groups is 2. The van der Waals surface area contributed by atoms with Crippen LogP contribution in [-0.2, 0) is 11.2 Å². The largest absolute Gasteiger partial charge is 0.393 e. The molecular weight excluding hydrogens is 470 g/mol. The highest BCUT2D eigenvalue weighted by Gasteiger charge is 2.62. The van der Waals surface area contributed by atoms with E-state index in [-0.39, 0.29) is 23.0 Å².